The molecule has 2 N–H and O–H groups in total. The Kier molecular flexibility index (Phi) is 3.87. The fraction of sp³-hybridized carbons (Fsp3) is 0.333. The van der Waals surface area contributed by atoms with Crippen LogP contribution in [0.3, 0.4) is 0 Å². The topological polar surface area (TPSA) is 83.8 Å². The molecule has 1 aliphatic heterocycles. The van der Waals surface area contributed by atoms with Crippen LogP contribution in [0.5, 0.6) is 11.5 Å². The van der Waals surface area contributed by atoms with E-state index < -0.39 is 17.4 Å². The molecule has 0 atom stereocenters. The van der Waals surface area contributed by atoms with Gasteiger partial charge in [0.05, 0.1) is 0 Å². The largest absolute Gasteiger partial charge is 0.478 e. The minimum atomic E-state index is -1.11. The van der Waals surface area contributed by atoms with Crippen molar-refractivity contribution in [3.63, 3.8) is 0 Å². The van der Waals surface area contributed by atoms with Crippen LogP contribution in [0.2, 0.25) is 0 Å². The average Bonchev–Trinajstić information content (AvgIpc) is 2.52. The molecule has 0 amide bonds. The molecule has 5 heteroatoms. The van der Waals surface area contributed by atoms with Gasteiger partial charge < -0.3 is 14.9 Å². The number of carboxylic acids is 2. The molecule has 0 saturated carbocycles. The van der Waals surface area contributed by atoms with Crippen molar-refractivity contribution >= 4 is 11.9 Å². The lowest BCUT2D eigenvalue weighted by Crippen LogP contribution is -2.31. The number of benzene rings is 2. The Morgan fingerprint density at radius 2 is 1.50 bits per heavy atom. The minimum absolute atomic E-state index is 0.0266. The summed E-state index contributed by atoms with van der Waals surface area (Å²) in [4.78, 5) is 23.4. The molecule has 2 aromatic rings. The summed E-state index contributed by atoms with van der Waals surface area (Å²) < 4.78 is 5.97. The van der Waals surface area contributed by atoms with Gasteiger partial charge in [-0.1, -0.05) is 52.8 Å². The van der Waals surface area contributed by atoms with Crippen LogP contribution in [0.25, 0.3) is 0 Å². The Hall–Kier alpha value is -2.82. The number of aromatic carboxylic acids is 2. The summed E-state index contributed by atoms with van der Waals surface area (Å²) in [5, 5.41) is 19.2. The molecule has 0 bridgehead atoms. The summed E-state index contributed by atoms with van der Waals surface area (Å²) in [5.41, 5.74) is 1.73. The van der Waals surface area contributed by atoms with Gasteiger partial charge in [-0.05, 0) is 23.1 Å². The molecule has 1 aliphatic rings. The predicted molar refractivity (Wildman–Crippen MR) is 97.7 cm³/mol. The maximum Gasteiger partial charge on any atom is 0.339 e. The van der Waals surface area contributed by atoms with Gasteiger partial charge in [-0.25, -0.2) is 9.59 Å². The Labute approximate surface area is 152 Å². The second-order valence-corrected chi connectivity index (χ2v) is 8.13. The number of rotatable bonds is 2. The van der Waals surface area contributed by atoms with Crippen molar-refractivity contribution in [3.05, 3.63) is 58.1 Å². The molecule has 0 fully saturated rings. The van der Waals surface area contributed by atoms with E-state index in [0.717, 1.165) is 16.7 Å². The molecule has 5 nitrogen and oxygen atoms in total. The zero-order chi connectivity index (χ0) is 19.4. The molecule has 0 aliphatic carbocycles. The normalized spacial score (nSPS) is 14.8. The molecule has 3 rings (SSSR count). The third-order valence-electron chi connectivity index (χ3n) is 4.94. The Bertz CT molecular complexity index is 932. The maximum atomic E-state index is 11.8. The van der Waals surface area contributed by atoms with E-state index >= 15 is 0 Å². The van der Waals surface area contributed by atoms with Crippen LogP contribution in [0.1, 0.15) is 72.0 Å². The average molecular weight is 354 g/mol. The van der Waals surface area contributed by atoms with E-state index in [9.17, 15) is 19.8 Å². The molecule has 0 unspecified atom stereocenters. The Morgan fingerprint density at radius 1 is 0.923 bits per heavy atom. The fourth-order valence-electron chi connectivity index (χ4n) is 3.65. The lowest BCUT2D eigenvalue weighted by atomic mass is 9.68. The predicted octanol–water partition coefficient (Wildman–Crippen LogP) is 4.81. The summed E-state index contributed by atoms with van der Waals surface area (Å²) in [6.07, 6.45) is 0. The SMILES string of the molecule is CC(C)(C)c1ccc(C(=O)O)c2c1C(C)(C)c1cccc(C(=O)O)c1O2. The van der Waals surface area contributed by atoms with Gasteiger partial charge in [0.15, 0.2) is 0 Å². The number of fused-ring (bicyclic) bond motifs is 2. The first-order valence-corrected chi connectivity index (χ1v) is 8.42. The van der Waals surface area contributed by atoms with E-state index in [2.05, 4.69) is 20.8 Å². The third kappa shape index (κ3) is 2.55. The highest BCUT2D eigenvalue weighted by molar-refractivity contribution is 5.95. The van der Waals surface area contributed by atoms with Crippen LogP contribution in [0.4, 0.5) is 0 Å². The molecule has 1 heterocycles. The molecule has 0 radical (unpaired) electrons. The first-order chi connectivity index (χ1) is 12.0. The highest BCUT2D eigenvalue weighted by Crippen LogP contribution is 2.53. The summed E-state index contributed by atoms with van der Waals surface area (Å²) in [7, 11) is 0. The molecular formula is C21H22O5. The molecule has 136 valence electrons. The molecule has 0 spiro atoms. The van der Waals surface area contributed by atoms with E-state index in [1.54, 1.807) is 6.07 Å². The van der Waals surface area contributed by atoms with Crippen LogP contribution < -0.4 is 4.74 Å². The van der Waals surface area contributed by atoms with Crippen molar-refractivity contribution in [1.82, 2.24) is 0 Å². The van der Waals surface area contributed by atoms with Crippen molar-refractivity contribution in [2.45, 2.75) is 45.4 Å². The molecular weight excluding hydrogens is 332 g/mol. The van der Waals surface area contributed by atoms with Gasteiger partial charge >= 0.3 is 11.9 Å². The second kappa shape index (κ2) is 5.59. The Balaban J connectivity index is 2.43. The van der Waals surface area contributed by atoms with Crippen LogP contribution in [0, 0.1) is 0 Å². The van der Waals surface area contributed by atoms with Crippen molar-refractivity contribution < 1.29 is 24.5 Å². The van der Waals surface area contributed by atoms with E-state index in [-0.39, 0.29) is 28.0 Å². The Morgan fingerprint density at radius 3 is 2.04 bits per heavy atom. The van der Waals surface area contributed by atoms with Crippen molar-refractivity contribution in [2.75, 3.05) is 0 Å². The number of hydrogen-bond donors (Lipinski definition) is 2. The number of carbonyl (C=O) groups is 2. The van der Waals surface area contributed by atoms with E-state index in [4.69, 9.17) is 4.74 Å². The minimum Gasteiger partial charge on any atom is -0.478 e. The highest BCUT2D eigenvalue weighted by Gasteiger charge is 2.41. The van der Waals surface area contributed by atoms with Crippen molar-refractivity contribution in [1.29, 1.82) is 0 Å². The number of para-hydroxylation sites is 1. The van der Waals surface area contributed by atoms with Gasteiger partial charge in [-0.3, -0.25) is 0 Å². The van der Waals surface area contributed by atoms with Gasteiger partial charge in [-0.2, -0.15) is 0 Å². The van der Waals surface area contributed by atoms with Gasteiger partial charge in [0, 0.05) is 16.5 Å². The van der Waals surface area contributed by atoms with E-state index in [1.807, 2.05) is 26.0 Å². The number of ether oxygens (including phenoxy) is 1. The van der Waals surface area contributed by atoms with Crippen LogP contribution in [-0.4, -0.2) is 22.2 Å². The number of carboxylic acid groups (broad SMARTS) is 2. The van der Waals surface area contributed by atoms with Crippen LogP contribution in [0.15, 0.2) is 30.3 Å². The summed E-state index contributed by atoms with van der Waals surface area (Å²) >= 11 is 0. The van der Waals surface area contributed by atoms with E-state index in [0.29, 0.717) is 0 Å². The quantitative estimate of drug-likeness (QED) is 0.808. The second-order valence-electron chi connectivity index (χ2n) is 8.13. The first-order valence-electron chi connectivity index (χ1n) is 8.42. The first kappa shape index (κ1) is 18.0. The lowest BCUT2D eigenvalue weighted by Gasteiger charge is -2.39. The summed E-state index contributed by atoms with van der Waals surface area (Å²) in [5.74, 6) is -1.76. The molecule has 26 heavy (non-hydrogen) atoms. The van der Waals surface area contributed by atoms with E-state index in [1.165, 1.54) is 12.1 Å². The molecule has 2 aromatic carbocycles. The van der Waals surface area contributed by atoms with Gasteiger partial charge in [-0.15, -0.1) is 0 Å². The number of hydrogen-bond acceptors (Lipinski definition) is 3. The maximum absolute atomic E-state index is 11.8. The van der Waals surface area contributed by atoms with Crippen molar-refractivity contribution in [3.8, 4) is 11.5 Å². The van der Waals surface area contributed by atoms with Gasteiger partial charge in [0.1, 0.15) is 22.6 Å². The van der Waals surface area contributed by atoms with Crippen LogP contribution >= 0.6 is 0 Å². The monoisotopic (exact) mass is 354 g/mol. The zero-order valence-corrected chi connectivity index (χ0v) is 15.5. The smallest absolute Gasteiger partial charge is 0.339 e. The highest BCUT2D eigenvalue weighted by atomic mass is 16.5. The summed E-state index contributed by atoms with van der Waals surface area (Å²) in [6.45, 7) is 10.1. The standard InChI is InChI=1S/C21H22O5/c1-20(2,3)13-10-9-12(19(24)25)17-15(13)21(4,5)14-8-6-7-11(18(22)23)16(14)26-17/h6-10H,1-5H3,(H,22,23)(H,24,25). The molecule has 0 saturated heterocycles. The molecule has 0 aromatic heterocycles. The summed E-state index contributed by atoms with van der Waals surface area (Å²) in [6, 6.07) is 8.36. The van der Waals surface area contributed by atoms with Crippen LogP contribution in [-0.2, 0) is 10.8 Å². The lowest BCUT2D eigenvalue weighted by molar-refractivity contribution is 0.0687. The van der Waals surface area contributed by atoms with Gasteiger partial charge in [0.2, 0.25) is 0 Å². The fourth-order valence-corrected chi connectivity index (χ4v) is 3.65. The third-order valence-corrected chi connectivity index (χ3v) is 4.94. The zero-order valence-electron chi connectivity index (χ0n) is 15.5. The van der Waals surface area contributed by atoms with Gasteiger partial charge in [0.25, 0.3) is 0 Å². The van der Waals surface area contributed by atoms with Crippen molar-refractivity contribution in [2.24, 2.45) is 0 Å².